The highest BCUT2D eigenvalue weighted by Crippen LogP contribution is 2.42. The fourth-order valence-electron chi connectivity index (χ4n) is 4.70. The second-order valence-electron chi connectivity index (χ2n) is 8.85. The number of likely N-dealkylation sites (tertiary alicyclic amines) is 1. The monoisotopic (exact) mass is 345 g/mol. The molecule has 1 aromatic heterocycles. The number of fused-ring (bicyclic) bond motifs is 1. The molecule has 5 nitrogen and oxygen atoms in total. The Labute approximate surface area is 150 Å². The Hall–Kier alpha value is -1.33. The molecule has 3 heterocycles. The fourth-order valence-corrected chi connectivity index (χ4v) is 4.70. The number of amides is 1. The first kappa shape index (κ1) is 17.1. The van der Waals surface area contributed by atoms with E-state index in [4.69, 9.17) is 4.74 Å². The summed E-state index contributed by atoms with van der Waals surface area (Å²) in [7, 11) is 0. The van der Waals surface area contributed by atoms with Crippen molar-refractivity contribution in [1.82, 2.24) is 14.8 Å². The van der Waals surface area contributed by atoms with Gasteiger partial charge in [-0.2, -0.15) is 0 Å². The van der Waals surface area contributed by atoms with E-state index in [0.29, 0.717) is 18.1 Å². The van der Waals surface area contributed by atoms with Crippen molar-refractivity contribution in [2.24, 2.45) is 5.92 Å². The van der Waals surface area contributed by atoms with E-state index in [1.54, 1.807) is 0 Å². The molecule has 2 aliphatic heterocycles. The number of aromatic nitrogens is 1. The van der Waals surface area contributed by atoms with Crippen molar-refractivity contribution in [2.45, 2.75) is 70.2 Å². The lowest BCUT2D eigenvalue weighted by atomic mass is 9.70. The molecule has 4 rings (SSSR count). The summed E-state index contributed by atoms with van der Waals surface area (Å²) in [6.45, 7) is 9.56. The maximum absolute atomic E-state index is 12.8. The summed E-state index contributed by atoms with van der Waals surface area (Å²) in [4.78, 5) is 15.4. The first-order valence-electron chi connectivity index (χ1n) is 9.80. The van der Waals surface area contributed by atoms with E-state index in [0.717, 1.165) is 31.7 Å². The van der Waals surface area contributed by atoms with Crippen molar-refractivity contribution < 1.29 is 9.53 Å². The van der Waals surface area contributed by atoms with Crippen LogP contribution in [0.15, 0.2) is 18.5 Å². The molecule has 0 radical (unpaired) electrons. The maximum Gasteiger partial charge on any atom is 0.253 e. The Morgan fingerprint density at radius 3 is 2.68 bits per heavy atom. The van der Waals surface area contributed by atoms with Crippen LogP contribution in [0.2, 0.25) is 0 Å². The van der Waals surface area contributed by atoms with E-state index in [1.807, 2.05) is 18.5 Å². The molecule has 1 N–H and O–H groups in total. The van der Waals surface area contributed by atoms with Crippen LogP contribution in [0.4, 0.5) is 0 Å². The van der Waals surface area contributed by atoms with Gasteiger partial charge < -0.3 is 14.6 Å². The quantitative estimate of drug-likeness (QED) is 0.916. The van der Waals surface area contributed by atoms with Crippen LogP contribution in [0.3, 0.4) is 0 Å². The third kappa shape index (κ3) is 3.13. The summed E-state index contributed by atoms with van der Waals surface area (Å²) in [5, 5.41) is 3.34. The summed E-state index contributed by atoms with van der Waals surface area (Å²) in [6.07, 6.45) is 9.22. The van der Waals surface area contributed by atoms with Gasteiger partial charge in [0.15, 0.2) is 0 Å². The zero-order valence-corrected chi connectivity index (χ0v) is 15.7. The van der Waals surface area contributed by atoms with E-state index >= 15 is 0 Å². The molecule has 3 aliphatic rings. The summed E-state index contributed by atoms with van der Waals surface area (Å²) in [6, 6.07) is 2.52. The first-order valence-corrected chi connectivity index (χ1v) is 9.80. The molecule has 0 aromatic carbocycles. The molecule has 5 heteroatoms. The highest BCUT2D eigenvalue weighted by molar-refractivity contribution is 5.94. The molecule has 3 fully saturated rings. The van der Waals surface area contributed by atoms with Gasteiger partial charge in [-0.3, -0.25) is 9.69 Å². The summed E-state index contributed by atoms with van der Waals surface area (Å²) in [5.41, 5.74) is 0.755. The van der Waals surface area contributed by atoms with Crippen LogP contribution in [-0.2, 0) is 10.3 Å². The Kier molecular flexibility index (Phi) is 4.40. The van der Waals surface area contributed by atoms with Gasteiger partial charge in [0.05, 0.1) is 23.8 Å². The Morgan fingerprint density at radius 1 is 1.24 bits per heavy atom. The van der Waals surface area contributed by atoms with Gasteiger partial charge in [0.25, 0.3) is 5.91 Å². The van der Waals surface area contributed by atoms with E-state index in [-0.39, 0.29) is 17.5 Å². The number of nitrogens with zero attached hydrogens (tertiary/aromatic N) is 2. The van der Waals surface area contributed by atoms with Crippen molar-refractivity contribution >= 4 is 5.91 Å². The van der Waals surface area contributed by atoms with Crippen LogP contribution in [0.5, 0.6) is 0 Å². The van der Waals surface area contributed by atoms with E-state index in [1.165, 1.54) is 19.3 Å². The molecule has 0 bridgehead atoms. The van der Waals surface area contributed by atoms with Crippen molar-refractivity contribution in [3.8, 4) is 0 Å². The lowest BCUT2D eigenvalue weighted by Gasteiger charge is -2.53. The van der Waals surface area contributed by atoms with Crippen LogP contribution in [0.25, 0.3) is 0 Å². The molecule has 1 saturated carbocycles. The first-order chi connectivity index (χ1) is 11.9. The second-order valence-corrected chi connectivity index (χ2v) is 8.85. The van der Waals surface area contributed by atoms with Crippen LogP contribution >= 0.6 is 0 Å². The predicted molar refractivity (Wildman–Crippen MR) is 97.7 cm³/mol. The van der Waals surface area contributed by atoms with Gasteiger partial charge in [-0.1, -0.05) is 6.42 Å². The van der Waals surface area contributed by atoms with Crippen molar-refractivity contribution in [3.05, 3.63) is 24.0 Å². The van der Waals surface area contributed by atoms with Gasteiger partial charge in [0.2, 0.25) is 0 Å². The summed E-state index contributed by atoms with van der Waals surface area (Å²) < 4.78 is 8.09. The number of hydrogen-bond acceptors (Lipinski definition) is 3. The molecule has 0 unspecified atom stereocenters. The van der Waals surface area contributed by atoms with Crippen LogP contribution in [-0.4, -0.2) is 53.3 Å². The number of nitrogens with one attached hydrogen (secondary N) is 1. The molecule has 0 spiro atoms. The molecule has 1 aliphatic carbocycles. The normalized spacial score (nSPS) is 32.9. The van der Waals surface area contributed by atoms with Gasteiger partial charge in [0.1, 0.15) is 0 Å². The minimum atomic E-state index is -0.00424. The van der Waals surface area contributed by atoms with Gasteiger partial charge in [-0.05, 0) is 59.2 Å². The van der Waals surface area contributed by atoms with Crippen molar-refractivity contribution in [2.75, 3.05) is 19.7 Å². The zero-order chi connectivity index (χ0) is 17.6. The van der Waals surface area contributed by atoms with E-state index < -0.39 is 0 Å². The number of carbonyl (C=O) groups is 1. The number of piperidine rings is 1. The van der Waals surface area contributed by atoms with Gasteiger partial charge in [0, 0.05) is 30.5 Å². The standard InChI is InChI=1S/C20H31N3O2/c1-20(2,3)23-11-7-14(13-23)19(24)21-16-15-8-12-25-18(15)17(16)22-9-5-4-6-10-22/h7,11,13,15-18H,4-6,8-10,12H2,1-3H3,(H,21,24)/t15-,16+,17-,18-/m1/s1. The average molecular weight is 345 g/mol. The Bertz CT molecular complexity index is 627. The number of rotatable bonds is 3. The van der Waals surface area contributed by atoms with E-state index in [2.05, 4.69) is 35.6 Å². The third-order valence-electron chi connectivity index (χ3n) is 6.19. The maximum atomic E-state index is 12.8. The number of hydrogen-bond donors (Lipinski definition) is 1. The molecule has 2 saturated heterocycles. The number of carbonyl (C=O) groups excluding carboxylic acids is 1. The van der Waals surface area contributed by atoms with Gasteiger partial charge in [-0.25, -0.2) is 0 Å². The zero-order valence-electron chi connectivity index (χ0n) is 15.7. The second kappa shape index (κ2) is 6.44. The SMILES string of the molecule is CC(C)(C)n1ccc(C(=O)N[C@H]2[C@H]3CCO[C@H]3[C@@H]2N2CCCCC2)c1. The van der Waals surface area contributed by atoms with E-state index in [9.17, 15) is 4.79 Å². The molecule has 25 heavy (non-hydrogen) atoms. The number of ether oxygens (including phenoxy) is 1. The van der Waals surface area contributed by atoms with Crippen LogP contribution in [0.1, 0.15) is 56.8 Å². The molecule has 138 valence electrons. The van der Waals surface area contributed by atoms with Crippen LogP contribution < -0.4 is 5.32 Å². The fraction of sp³-hybridized carbons (Fsp3) is 0.750. The van der Waals surface area contributed by atoms with Gasteiger partial charge >= 0.3 is 0 Å². The lowest BCUT2D eigenvalue weighted by Crippen LogP contribution is -2.71. The molecule has 1 amide bonds. The largest absolute Gasteiger partial charge is 0.376 e. The Balaban J connectivity index is 1.46. The molecular weight excluding hydrogens is 314 g/mol. The summed E-state index contributed by atoms with van der Waals surface area (Å²) in [5.74, 6) is 0.543. The highest BCUT2D eigenvalue weighted by atomic mass is 16.5. The molecule has 1 aromatic rings. The van der Waals surface area contributed by atoms with Gasteiger partial charge in [-0.15, -0.1) is 0 Å². The molecular formula is C20H31N3O2. The lowest BCUT2D eigenvalue weighted by molar-refractivity contribution is -0.0862. The smallest absolute Gasteiger partial charge is 0.253 e. The predicted octanol–water partition coefficient (Wildman–Crippen LogP) is 2.61. The van der Waals surface area contributed by atoms with Crippen LogP contribution in [0, 0.1) is 5.92 Å². The topological polar surface area (TPSA) is 46.5 Å². The molecule has 4 atom stereocenters. The minimum Gasteiger partial charge on any atom is -0.376 e. The van der Waals surface area contributed by atoms with Crippen molar-refractivity contribution in [3.63, 3.8) is 0 Å². The highest BCUT2D eigenvalue weighted by Gasteiger charge is 2.56. The Morgan fingerprint density at radius 2 is 2.00 bits per heavy atom. The van der Waals surface area contributed by atoms with Crippen molar-refractivity contribution in [1.29, 1.82) is 0 Å². The third-order valence-corrected chi connectivity index (χ3v) is 6.19. The minimum absolute atomic E-state index is 0.00424. The average Bonchev–Trinajstić information content (AvgIpc) is 3.21. The summed E-state index contributed by atoms with van der Waals surface area (Å²) >= 11 is 0.